The third-order valence-electron chi connectivity index (χ3n) is 3.31. The molecule has 0 spiro atoms. The third-order valence-corrected chi connectivity index (χ3v) is 9.78. The molecule has 4 heteroatoms. The Balaban J connectivity index is 3.50. The summed E-state index contributed by atoms with van der Waals surface area (Å²) in [6.45, 7) is 19.5. The van der Waals surface area contributed by atoms with Gasteiger partial charge in [0, 0.05) is 0 Å². The molecule has 0 N–H and O–H groups in total. The summed E-state index contributed by atoms with van der Waals surface area (Å²) in [5, 5.41) is 6.92. The molecule has 18 heavy (non-hydrogen) atoms. The molecule has 0 heterocycles. The lowest BCUT2D eigenvalue weighted by Gasteiger charge is -2.22. The van der Waals surface area contributed by atoms with Crippen molar-refractivity contribution < 1.29 is 0 Å². The molecular weight excluding hydrogens is 280 g/mol. The van der Waals surface area contributed by atoms with Crippen molar-refractivity contribution in [2.75, 3.05) is 0 Å². The maximum Gasteiger partial charge on any atom is 0.0789 e. The van der Waals surface area contributed by atoms with Crippen LogP contribution < -0.4 is 20.7 Å². The van der Waals surface area contributed by atoms with Crippen molar-refractivity contribution in [1.82, 2.24) is 0 Å². The molecule has 1 aromatic carbocycles. The second kappa shape index (κ2) is 6.50. The van der Waals surface area contributed by atoms with Gasteiger partial charge in [0.1, 0.15) is 0 Å². The summed E-state index contributed by atoms with van der Waals surface area (Å²) in [7, 11) is -1.32. The first-order valence-corrected chi connectivity index (χ1v) is 16.7. The number of hydrogen-bond donors (Lipinski definition) is 0. The van der Waals surface area contributed by atoms with Crippen molar-refractivity contribution in [3.8, 4) is 0 Å². The minimum absolute atomic E-state index is 0.330. The Labute approximate surface area is 120 Å². The fourth-order valence-electron chi connectivity index (χ4n) is 2.25. The van der Waals surface area contributed by atoms with E-state index < -0.39 is 0 Å². The topological polar surface area (TPSA) is 0 Å². The Hall–Kier alpha value is 0.0875. The summed E-state index contributed by atoms with van der Waals surface area (Å²) in [5.74, 6) is 0. The van der Waals surface area contributed by atoms with Gasteiger partial charge in [-0.05, 0) is 0 Å². The fraction of sp³-hybridized carbons (Fsp3) is 0.571. The normalized spacial score (nSPS) is 12.2. The summed E-state index contributed by atoms with van der Waals surface area (Å²) in [4.78, 5) is 0. The molecule has 0 aliphatic rings. The van der Waals surface area contributed by atoms with Gasteiger partial charge in [0.15, 0.2) is 0 Å². The molecule has 0 amide bonds. The standard InChI is InChI=1S/C14H26Si4/c1-15(2)11-9-13(17(5)6)14(18(7)8)10-12(11)16(3)4/h9-10H,1-8H3. The van der Waals surface area contributed by atoms with Gasteiger partial charge in [0.2, 0.25) is 0 Å². The first-order valence-electron chi connectivity index (χ1n) is 6.65. The predicted molar refractivity (Wildman–Crippen MR) is 94.9 cm³/mol. The van der Waals surface area contributed by atoms with Crippen LogP contribution in [0.4, 0.5) is 0 Å². The second-order valence-electron chi connectivity index (χ2n) is 5.94. The van der Waals surface area contributed by atoms with Gasteiger partial charge in [0.25, 0.3) is 0 Å². The molecule has 0 aromatic heterocycles. The largest absolute Gasteiger partial charge is 0.0789 e. The van der Waals surface area contributed by atoms with Crippen LogP contribution in [-0.4, -0.2) is 35.2 Å². The van der Waals surface area contributed by atoms with Gasteiger partial charge in [-0.25, -0.2) is 0 Å². The first kappa shape index (κ1) is 16.1. The zero-order valence-electron chi connectivity index (χ0n) is 13.2. The molecule has 0 nitrogen and oxygen atoms in total. The van der Waals surface area contributed by atoms with E-state index in [1.165, 1.54) is 0 Å². The highest BCUT2D eigenvalue weighted by atomic mass is 28.3. The monoisotopic (exact) mass is 306 g/mol. The van der Waals surface area contributed by atoms with E-state index in [1.807, 2.05) is 0 Å². The van der Waals surface area contributed by atoms with Crippen LogP contribution in [0.25, 0.3) is 0 Å². The second-order valence-corrected chi connectivity index (χ2v) is 16.1. The van der Waals surface area contributed by atoms with E-state index in [0.717, 1.165) is 0 Å². The molecule has 0 unspecified atom stereocenters. The number of benzene rings is 1. The minimum atomic E-state index is -0.330. The Morgan fingerprint density at radius 2 is 0.611 bits per heavy atom. The molecule has 0 bridgehead atoms. The minimum Gasteiger partial charge on any atom is -0.0671 e. The van der Waals surface area contributed by atoms with Crippen LogP contribution >= 0.6 is 0 Å². The Bertz CT molecular complexity index is 334. The van der Waals surface area contributed by atoms with E-state index in [2.05, 4.69) is 64.5 Å². The Kier molecular flexibility index (Phi) is 5.83. The maximum atomic E-state index is 2.61. The van der Waals surface area contributed by atoms with Crippen molar-refractivity contribution in [2.45, 2.75) is 52.4 Å². The lowest BCUT2D eigenvalue weighted by Crippen LogP contribution is -2.55. The molecule has 1 aromatic rings. The van der Waals surface area contributed by atoms with E-state index in [1.54, 1.807) is 20.7 Å². The lowest BCUT2D eigenvalue weighted by atomic mass is 10.3. The number of rotatable bonds is 4. The molecule has 4 radical (unpaired) electrons. The first-order chi connectivity index (χ1) is 8.25. The third kappa shape index (κ3) is 3.56. The Morgan fingerprint density at radius 3 is 0.722 bits per heavy atom. The lowest BCUT2D eigenvalue weighted by molar-refractivity contribution is 1.79. The molecule has 0 saturated heterocycles. The molecule has 0 aliphatic carbocycles. The summed E-state index contributed by atoms with van der Waals surface area (Å²) in [5.41, 5.74) is 0. The van der Waals surface area contributed by atoms with Crippen molar-refractivity contribution >= 4 is 55.9 Å². The van der Waals surface area contributed by atoms with Crippen molar-refractivity contribution in [3.63, 3.8) is 0 Å². The highest BCUT2D eigenvalue weighted by Crippen LogP contribution is 1.93. The SMILES string of the molecule is C[Si](C)c1cc([Si](C)C)c([Si](C)C)cc1[Si](C)C. The van der Waals surface area contributed by atoms with Crippen LogP contribution in [0.3, 0.4) is 0 Å². The van der Waals surface area contributed by atoms with Gasteiger partial charge >= 0.3 is 0 Å². The molecule has 0 aliphatic heterocycles. The molecule has 0 atom stereocenters. The maximum absolute atomic E-state index is 2.61. The van der Waals surface area contributed by atoms with E-state index in [4.69, 9.17) is 0 Å². The van der Waals surface area contributed by atoms with Gasteiger partial charge in [-0.1, -0.05) is 85.3 Å². The number of hydrogen-bond acceptors (Lipinski definition) is 0. The van der Waals surface area contributed by atoms with Crippen LogP contribution in [0.2, 0.25) is 52.4 Å². The quantitative estimate of drug-likeness (QED) is 0.740. The zero-order chi connectivity index (χ0) is 14.0. The van der Waals surface area contributed by atoms with Crippen LogP contribution in [0.1, 0.15) is 0 Å². The molecule has 0 saturated carbocycles. The molecule has 0 fully saturated rings. The molecular formula is C14H26Si4. The highest BCUT2D eigenvalue weighted by molar-refractivity contribution is 6.86. The molecule has 1 rings (SSSR count). The average molecular weight is 307 g/mol. The average Bonchev–Trinajstić information content (AvgIpc) is 2.26. The smallest absolute Gasteiger partial charge is 0.0671 e. The van der Waals surface area contributed by atoms with E-state index in [-0.39, 0.29) is 35.2 Å². The fourth-order valence-corrected chi connectivity index (χ4v) is 9.72. The highest BCUT2D eigenvalue weighted by Gasteiger charge is 2.19. The van der Waals surface area contributed by atoms with Gasteiger partial charge in [-0.3, -0.25) is 0 Å². The van der Waals surface area contributed by atoms with Gasteiger partial charge in [-0.2, -0.15) is 0 Å². The Morgan fingerprint density at radius 1 is 0.444 bits per heavy atom. The molecule has 98 valence electrons. The summed E-state index contributed by atoms with van der Waals surface area (Å²) >= 11 is 0. The van der Waals surface area contributed by atoms with Crippen molar-refractivity contribution in [1.29, 1.82) is 0 Å². The van der Waals surface area contributed by atoms with Crippen molar-refractivity contribution in [3.05, 3.63) is 12.1 Å². The zero-order valence-corrected chi connectivity index (χ0v) is 17.2. The summed E-state index contributed by atoms with van der Waals surface area (Å²) in [6.07, 6.45) is 0. The van der Waals surface area contributed by atoms with Crippen LogP contribution in [-0.2, 0) is 0 Å². The van der Waals surface area contributed by atoms with Crippen LogP contribution in [0.5, 0.6) is 0 Å². The van der Waals surface area contributed by atoms with Gasteiger partial charge < -0.3 is 0 Å². The summed E-state index contributed by atoms with van der Waals surface area (Å²) < 4.78 is 0. The summed E-state index contributed by atoms with van der Waals surface area (Å²) in [6, 6.07) is 5.23. The predicted octanol–water partition coefficient (Wildman–Crippen LogP) is 1.53. The van der Waals surface area contributed by atoms with Gasteiger partial charge in [-0.15, -0.1) is 0 Å². The van der Waals surface area contributed by atoms with E-state index >= 15 is 0 Å². The van der Waals surface area contributed by atoms with Crippen LogP contribution in [0, 0.1) is 0 Å². The van der Waals surface area contributed by atoms with E-state index in [0.29, 0.717) is 0 Å². The van der Waals surface area contributed by atoms with E-state index in [9.17, 15) is 0 Å². The van der Waals surface area contributed by atoms with Gasteiger partial charge in [0.05, 0.1) is 35.2 Å². The van der Waals surface area contributed by atoms with Crippen molar-refractivity contribution in [2.24, 2.45) is 0 Å². The van der Waals surface area contributed by atoms with Crippen LogP contribution in [0.15, 0.2) is 12.1 Å².